The second-order valence-electron chi connectivity index (χ2n) is 1.56. The number of nitrogens with zero attached hydrogens (tertiary/aromatic N) is 2. The SMILES string of the molecule is C=CCNC(=O)/C(C#N)=N/O. The molecule has 58 valence electrons. The molecule has 0 fully saturated rings. The second-order valence-corrected chi connectivity index (χ2v) is 1.56. The Bertz CT molecular complexity index is 226. The molecule has 0 aromatic heterocycles. The quantitative estimate of drug-likeness (QED) is 0.251. The minimum absolute atomic E-state index is 0.236. The monoisotopic (exact) mass is 153 g/mol. The summed E-state index contributed by atoms with van der Waals surface area (Å²) >= 11 is 0. The predicted octanol–water partition coefficient (Wildman–Crippen LogP) is -0.358. The van der Waals surface area contributed by atoms with Crippen LogP contribution in [0.3, 0.4) is 0 Å². The van der Waals surface area contributed by atoms with Gasteiger partial charge in [-0.3, -0.25) is 4.79 Å². The average molecular weight is 153 g/mol. The molecule has 5 heteroatoms. The lowest BCUT2D eigenvalue weighted by Gasteiger charge is -1.95. The van der Waals surface area contributed by atoms with E-state index in [1.807, 2.05) is 0 Å². The molecular formula is C6H7N3O2. The van der Waals surface area contributed by atoms with Gasteiger partial charge in [0.15, 0.2) is 0 Å². The Hall–Kier alpha value is -1.83. The molecule has 0 bridgehead atoms. The van der Waals surface area contributed by atoms with Gasteiger partial charge in [0.2, 0.25) is 5.71 Å². The van der Waals surface area contributed by atoms with Crippen molar-refractivity contribution in [2.75, 3.05) is 6.54 Å². The van der Waals surface area contributed by atoms with Crippen LogP contribution in [0.25, 0.3) is 0 Å². The van der Waals surface area contributed by atoms with Crippen LogP contribution >= 0.6 is 0 Å². The third-order valence-electron chi connectivity index (χ3n) is 0.828. The van der Waals surface area contributed by atoms with Gasteiger partial charge in [-0.05, 0) is 0 Å². The van der Waals surface area contributed by atoms with Gasteiger partial charge in [-0.25, -0.2) is 0 Å². The fourth-order valence-corrected chi connectivity index (χ4v) is 0.367. The maximum atomic E-state index is 10.7. The molecule has 5 nitrogen and oxygen atoms in total. The van der Waals surface area contributed by atoms with Crippen LogP contribution in [0.15, 0.2) is 17.8 Å². The topological polar surface area (TPSA) is 85.5 Å². The molecule has 0 aliphatic heterocycles. The van der Waals surface area contributed by atoms with Crippen LogP contribution in [0, 0.1) is 11.3 Å². The van der Waals surface area contributed by atoms with Crippen LogP contribution in [0.1, 0.15) is 0 Å². The van der Waals surface area contributed by atoms with E-state index in [4.69, 9.17) is 10.5 Å². The Labute approximate surface area is 63.6 Å². The molecule has 0 aliphatic rings. The molecule has 0 rings (SSSR count). The van der Waals surface area contributed by atoms with E-state index in [1.54, 1.807) is 0 Å². The van der Waals surface area contributed by atoms with Crippen molar-refractivity contribution in [2.45, 2.75) is 0 Å². The van der Waals surface area contributed by atoms with Gasteiger partial charge in [0.25, 0.3) is 5.91 Å². The molecule has 11 heavy (non-hydrogen) atoms. The van der Waals surface area contributed by atoms with Gasteiger partial charge in [0, 0.05) is 6.54 Å². The Kier molecular flexibility index (Phi) is 4.16. The van der Waals surface area contributed by atoms with E-state index in [0.717, 1.165) is 0 Å². The van der Waals surface area contributed by atoms with Crippen molar-refractivity contribution in [3.63, 3.8) is 0 Å². The first-order valence-electron chi connectivity index (χ1n) is 2.77. The van der Waals surface area contributed by atoms with E-state index in [0.29, 0.717) is 0 Å². The van der Waals surface area contributed by atoms with Gasteiger partial charge in [-0.1, -0.05) is 11.2 Å². The summed E-state index contributed by atoms with van der Waals surface area (Å²) in [5.74, 6) is -0.713. The first kappa shape index (κ1) is 9.17. The van der Waals surface area contributed by atoms with Gasteiger partial charge in [0.05, 0.1) is 0 Å². The summed E-state index contributed by atoms with van der Waals surface area (Å²) in [6.07, 6.45) is 1.45. The predicted molar refractivity (Wildman–Crippen MR) is 38.0 cm³/mol. The van der Waals surface area contributed by atoms with E-state index in [-0.39, 0.29) is 6.54 Å². The number of nitrogens with one attached hydrogen (secondary N) is 1. The lowest BCUT2D eigenvalue weighted by atomic mass is 10.4. The van der Waals surface area contributed by atoms with E-state index >= 15 is 0 Å². The second kappa shape index (κ2) is 4.99. The van der Waals surface area contributed by atoms with Crippen molar-refractivity contribution in [1.82, 2.24) is 5.32 Å². The van der Waals surface area contributed by atoms with Crippen LogP contribution in [-0.4, -0.2) is 23.4 Å². The van der Waals surface area contributed by atoms with Gasteiger partial charge in [0.1, 0.15) is 6.07 Å². The largest absolute Gasteiger partial charge is 0.410 e. The molecule has 0 heterocycles. The van der Waals surface area contributed by atoms with E-state index < -0.39 is 11.6 Å². The highest BCUT2D eigenvalue weighted by atomic mass is 16.4. The standard InChI is InChI=1S/C6H7N3O2/c1-2-3-8-6(10)5(4-7)9-11/h2,11H,1,3H2,(H,8,10)/b9-5+. The lowest BCUT2D eigenvalue weighted by molar-refractivity contribution is -0.114. The van der Waals surface area contributed by atoms with Crippen LogP contribution in [0.4, 0.5) is 0 Å². The van der Waals surface area contributed by atoms with Crippen molar-refractivity contribution < 1.29 is 10.0 Å². The number of hydrogen-bond acceptors (Lipinski definition) is 4. The molecule has 0 aliphatic carbocycles. The van der Waals surface area contributed by atoms with Gasteiger partial charge >= 0.3 is 0 Å². The average Bonchev–Trinajstić information content (AvgIpc) is 2.03. The Morgan fingerprint density at radius 3 is 2.91 bits per heavy atom. The Balaban J connectivity index is 4.04. The van der Waals surface area contributed by atoms with Crippen LogP contribution < -0.4 is 5.32 Å². The molecule has 0 aromatic carbocycles. The molecule has 0 spiro atoms. The Morgan fingerprint density at radius 1 is 1.91 bits per heavy atom. The molecular weight excluding hydrogens is 146 g/mol. The summed E-state index contributed by atoms with van der Waals surface area (Å²) in [5, 5.41) is 21.0. The first-order chi connectivity index (χ1) is 5.26. The third-order valence-corrected chi connectivity index (χ3v) is 0.828. The molecule has 0 saturated carbocycles. The minimum atomic E-state index is -0.713. The zero-order valence-corrected chi connectivity index (χ0v) is 5.74. The highest BCUT2D eigenvalue weighted by molar-refractivity contribution is 6.44. The highest BCUT2D eigenvalue weighted by Gasteiger charge is 2.08. The fourth-order valence-electron chi connectivity index (χ4n) is 0.367. The molecule has 0 saturated heterocycles. The normalized spacial score (nSPS) is 9.91. The molecule has 2 N–H and O–H groups in total. The van der Waals surface area contributed by atoms with Gasteiger partial charge in [-0.15, -0.1) is 6.58 Å². The summed E-state index contributed by atoms with van der Waals surface area (Å²) < 4.78 is 0. The Morgan fingerprint density at radius 2 is 2.55 bits per heavy atom. The number of carbonyl (C=O) groups excluding carboxylic acids is 1. The zero-order chi connectivity index (χ0) is 8.69. The third kappa shape index (κ3) is 3.01. The minimum Gasteiger partial charge on any atom is -0.410 e. The van der Waals surface area contributed by atoms with Crippen LogP contribution in [-0.2, 0) is 4.79 Å². The molecule has 0 radical (unpaired) electrons. The molecule has 0 unspecified atom stereocenters. The maximum Gasteiger partial charge on any atom is 0.284 e. The van der Waals surface area contributed by atoms with Crippen molar-refractivity contribution in [1.29, 1.82) is 5.26 Å². The summed E-state index contributed by atoms with van der Waals surface area (Å²) in [4.78, 5) is 10.7. The summed E-state index contributed by atoms with van der Waals surface area (Å²) in [7, 11) is 0. The van der Waals surface area contributed by atoms with Crippen molar-refractivity contribution in [3.05, 3.63) is 12.7 Å². The summed E-state index contributed by atoms with van der Waals surface area (Å²) in [6.45, 7) is 3.58. The van der Waals surface area contributed by atoms with Gasteiger partial charge in [-0.2, -0.15) is 5.26 Å². The van der Waals surface area contributed by atoms with E-state index in [9.17, 15) is 4.79 Å². The molecule has 0 aromatic rings. The highest BCUT2D eigenvalue weighted by Crippen LogP contribution is 1.74. The fraction of sp³-hybridized carbons (Fsp3) is 0.167. The molecule has 0 atom stereocenters. The van der Waals surface area contributed by atoms with Crippen molar-refractivity contribution in [2.24, 2.45) is 5.16 Å². The van der Waals surface area contributed by atoms with E-state index in [2.05, 4.69) is 17.1 Å². The number of nitriles is 1. The molecule has 1 amide bonds. The number of hydrogen-bond donors (Lipinski definition) is 2. The lowest BCUT2D eigenvalue weighted by Crippen LogP contribution is -2.30. The van der Waals surface area contributed by atoms with E-state index in [1.165, 1.54) is 12.1 Å². The van der Waals surface area contributed by atoms with Crippen LogP contribution in [0.5, 0.6) is 0 Å². The van der Waals surface area contributed by atoms with Gasteiger partial charge < -0.3 is 10.5 Å². The van der Waals surface area contributed by atoms with Crippen molar-refractivity contribution >= 4 is 11.6 Å². The number of rotatable bonds is 3. The van der Waals surface area contributed by atoms with Crippen molar-refractivity contribution in [3.8, 4) is 6.07 Å². The first-order valence-corrected chi connectivity index (χ1v) is 2.77. The zero-order valence-electron chi connectivity index (χ0n) is 5.74. The van der Waals surface area contributed by atoms with Crippen LogP contribution in [0.2, 0.25) is 0 Å². The summed E-state index contributed by atoms with van der Waals surface area (Å²) in [5.41, 5.74) is -0.563. The number of oxime groups is 1. The summed E-state index contributed by atoms with van der Waals surface area (Å²) in [6, 6.07) is 1.41. The smallest absolute Gasteiger partial charge is 0.284 e. The number of carbonyl (C=O) groups is 1. The number of amides is 1. The maximum absolute atomic E-state index is 10.7.